The maximum Gasteiger partial charge on any atom is 0.134 e. The molecule has 1 unspecified atom stereocenters. The van der Waals surface area contributed by atoms with Crippen LogP contribution in [0.4, 0.5) is 0 Å². The van der Waals surface area contributed by atoms with Crippen LogP contribution in [-0.4, -0.2) is 4.98 Å². The number of rotatable bonds is 3. The van der Waals surface area contributed by atoms with Gasteiger partial charge in [-0.3, -0.25) is 10.8 Å². The van der Waals surface area contributed by atoms with Gasteiger partial charge in [0, 0.05) is 17.3 Å². The molecule has 4 heteroatoms. The standard InChI is InChI=1S/C16H17N3O/c1-10-3-6-14-13(7-10)8-15(20-14)16(19-17)12-5-4-11(2)18-9-12/h3-9,16,19H,17H2,1-2H3. The van der Waals surface area contributed by atoms with Crippen molar-refractivity contribution in [1.29, 1.82) is 0 Å². The van der Waals surface area contributed by atoms with Crippen molar-refractivity contribution in [3.63, 3.8) is 0 Å². The van der Waals surface area contributed by atoms with E-state index in [9.17, 15) is 0 Å². The number of fused-ring (bicyclic) bond motifs is 1. The van der Waals surface area contributed by atoms with Gasteiger partial charge in [0.05, 0.1) is 0 Å². The lowest BCUT2D eigenvalue weighted by Crippen LogP contribution is -2.28. The first kappa shape index (κ1) is 12.8. The number of hydrogen-bond donors (Lipinski definition) is 2. The van der Waals surface area contributed by atoms with Gasteiger partial charge in [-0.05, 0) is 43.7 Å². The summed E-state index contributed by atoms with van der Waals surface area (Å²) in [4.78, 5) is 4.30. The Hall–Kier alpha value is -2.17. The van der Waals surface area contributed by atoms with E-state index < -0.39 is 0 Å². The molecule has 0 saturated heterocycles. The fourth-order valence-corrected chi connectivity index (χ4v) is 2.32. The van der Waals surface area contributed by atoms with Crippen molar-refractivity contribution in [3.8, 4) is 0 Å². The van der Waals surface area contributed by atoms with Crippen molar-refractivity contribution >= 4 is 11.0 Å². The van der Waals surface area contributed by atoms with Crippen molar-refractivity contribution in [1.82, 2.24) is 10.4 Å². The molecular formula is C16H17N3O. The molecule has 0 fully saturated rings. The monoisotopic (exact) mass is 267 g/mol. The second-order valence-electron chi connectivity index (χ2n) is 5.02. The molecule has 1 aromatic carbocycles. The topological polar surface area (TPSA) is 64.1 Å². The molecule has 20 heavy (non-hydrogen) atoms. The van der Waals surface area contributed by atoms with Crippen LogP contribution in [0.5, 0.6) is 0 Å². The molecular weight excluding hydrogens is 250 g/mol. The fourth-order valence-electron chi connectivity index (χ4n) is 2.32. The summed E-state index contributed by atoms with van der Waals surface area (Å²) >= 11 is 0. The average Bonchev–Trinajstić information content (AvgIpc) is 2.84. The van der Waals surface area contributed by atoms with E-state index in [1.165, 1.54) is 5.56 Å². The molecule has 2 aromatic heterocycles. The molecule has 1 atom stereocenters. The van der Waals surface area contributed by atoms with E-state index in [2.05, 4.69) is 23.4 Å². The maximum atomic E-state index is 5.89. The van der Waals surface area contributed by atoms with Crippen molar-refractivity contribution in [2.45, 2.75) is 19.9 Å². The molecule has 3 rings (SSSR count). The van der Waals surface area contributed by atoms with E-state index in [1.807, 2.05) is 43.5 Å². The SMILES string of the molecule is Cc1ccc2oc(C(NN)c3ccc(C)nc3)cc2c1. The molecule has 102 valence electrons. The molecule has 0 bridgehead atoms. The van der Waals surface area contributed by atoms with Gasteiger partial charge >= 0.3 is 0 Å². The summed E-state index contributed by atoms with van der Waals surface area (Å²) in [6.07, 6.45) is 1.82. The lowest BCUT2D eigenvalue weighted by atomic mass is 10.1. The lowest BCUT2D eigenvalue weighted by molar-refractivity contribution is 0.476. The summed E-state index contributed by atoms with van der Waals surface area (Å²) < 4.78 is 5.89. The zero-order valence-corrected chi connectivity index (χ0v) is 11.6. The number of pyridine rings is 1. The number of hydrazine groups is 1. The first-order valence-electron chi connectivity index (χ1n) is 6.56. The Morgan fingerprint density at radius 3 is 2.70 bits per heavy atom. The summed E-state index contributed by atoms with van der Waals surface area (Å²) in [5.74, 6) is 6.48. The highest BCUT2D eigenvalue weighted by Crippen LogP contribution is 2.28. The maximum absolute atomic E-state index is 5.89. The van der Waals surface area contributed by atoms with Crippen LogP contribution in [0.2, 0.25) is 0 Å². The number of hydrogen-bond acceptors (Lipinski definition) is 4. The van der Waals surface area contributed by atoms with E-state index in [0.717, 1.165) is 28.0 Å². The van der Waals surface area contributed by atoms with E-state index in [1.54, 1.807) is 0 Å². The van der Waals surface area contributed by atoms with Crippen LogP contribution in [0.25, 0.3) is 11.0 Å². The van der Waals surface area contributed by atoms with Crippen molar-refractivity contribution in [3.05, 3.63) is 65.2 Å². The third kappa shape index (κ3) is 2.31. The Kier molecular flexibility index (Phi) is 3.26. The zero-order valence-electron chi connectivity index (χ0n) is 11.6. The minimum Gasteiger partial charge on any atom is -0.459 e. The van der Waals surface area contributed by atoms with Gasteiger partial charge in [-0.1, -0.05) is 17.7 Å². The lowest BCUT2D eigenvalue weighted by Gasteiger charge is -2.13. The molecule has 3 aromatic rings. The number of aromatic nitrogens is 1. The zero-order chi connectivity index (χ0) is 14.1. The average molecular weight is 267 g/mol. The highest BCUT2D eigenvalue weighted by atomic mass is 16.3. The van der Waals surface area contributed by atoms with Crippen LogP contribution >= 0.6 is 0 Å². The molecule has 0 aliphatic heterocycles. The largest absolute Gasteiger partial charge is 0.459 e. The Bertz CT molecular complexity index is 731. The molecule has 0 radical (unpaired) electrons. The molecule has 0 aliphatic carbocycles. The van der Waals surface area contributed by atoms with E-state index in [0.29, 0.717) is 0 Å². The molecule has 0 spiro atoms. The number of nitrogens with two attached hydrogens (primary N) is 1. The Morgan fingerprint density at radius 2 is 2.00 bits per heavy atom. The normalized spacial score (nSPS) is 12.8. The predicted molar refractivity (Wildman–Crippen MR) is 79.1 cm³/mol. The highest BCUT2D eigenvalue weighted by molar-refractivity contribution is 5.78. The second-order valence-corrected chi connectivity index (χ2v) is 5.02. The van der Waals surface area contributed by atoms with E-state index in [-0.39, 0.29) is 6.04 Å². The predicted octanol–water partition coefficient (Wildman–Crippen LogP) is 3.00. The van der Waals surface area contributed by atoms with Crippen molar-refractivity contribution < 1.29 is 4.42 Å². The summed E-state index contributed by atoms with van der Waals surface area (Å²) in [5, 5.41) is 1.08. The quantitative estimate of drug-likeness (QED) is 0.565. The molecule has 2 heterocycles. The first-order valence-corrected chi connectivity index (χ1v) is 6.56. The third-order valence-corrected chi connectivity index (χ3v) is 3.41. The Morgan fingerprint density at radius 1 is 1.15 bits per heavy atom. The van der Waals surface area contributed by atoms with Crippen LogP contribution in [0.15, 0.2) is 47.0 Å². The fraction of sp³-hybridized carbons (Fsp3) is 0.188. The first-order chi connectivity index (χ1) is 9.67. The number of nitrogens with zero attached hydrogens (tertiary/aromatic N) is 1. The Labute approximate surface area is 117 Å². The summed E-state index contributed by atoms with van der Waals surface area (Å²) in [6, 6.07) is 11.9. The van der Waals surface area contributed by atoms with Crippen molar-refractivity contribution in [2.24, 2.45) is 5.84 Å². The molecule has 0 amide bonds. The van der Waals surface area contributed by atoms with Crippen LogP contribution in [0.3, 0.4) is 0 Å². The van der Waals surface area contributed by atoms with Gasteiger partial charge in [0.1, 0.15) is 17.4 Å². The number of benzene rings is 1. The van der Waals surface area contributed by atoms with Crippen LogP contribution in [-0.2, 0) is 0 Å². The minimum absolute atomic E-state index is 0.198. The molecule has 0 aliphatic rings. The highest BCUT2D eigenvalue weighted by Gasteiger charge is 2.17. The van der Waals surface area contributed by atoms with E-state index >= 15 is 0 Å². The molecule has 0 saturated carbocycles. The van der Waals surface area contributed by atoms with Gasteiger partial charge in [-0.15, -0.1) is 0 Å². The number of nitrogens with one attached hydrogen (secondary N) is 1. The minimum atomic E-state index is -0.198. The van der Waals surface area contributed by atoms with Gasteiger partial charge in [-0.2, -0.15) is 0 Å². The van der Waals surface area contributed by atoms with Crippen molar-refractivity contribution in [2.75, 3.05) is 0 Å². The third-order valence-electron chi connectivity index (χ3n) is 3.41. The second kappa shape index (κ2) is 5.07. The Balaban J connectivity index is 2.04. The van der Waals surface area contributed by atoms with Gasteiger partial charge in [-0.25, -0.2) is 5.43 Å². The van der Waals surface area contributed by atoms with Crippen LogP contribution in [0, 0.1) is 13.8 Å². The van der Waals surface area contributed by atoms with Crippen LogP contribution in [0.1, 0.15) is 28.6 Å². The van der Waals surface area contributed by atoms with Crippen LogP contribution < -0.4 is 11.3 Å². The van der Waals surface area contributed by atoms with Gasteiger partial charge in [0.2, 0.25) is 0 Å². The van der Waals surface area contributed by atoms with Gasteiger partial charge in [0.15, 0.2) is 0 Å². The summed E-state index contributed by atoms with van der Waals surface area (Å²) in [7, 11) is 0. The van der Waals surface area contributed by atoms with E-state index in [4.69, 9.17) is 10.3 Å². The molecule has 4 nitrogen and oxygen atoms in total. The summed E-state index contributed by atoms with van der Waals surface area (Å²) in [5.41, 5.74) is 6.83. The smallest absolute Gasteiger partial charge is 0.134 e. The number of aryl methyl sites for hydroxylation is 2. The van der Waals surface area contributed by atoms with Gasteiger partial charge < -0.3 is 4.42 Å². The molecule has 3 N–H and O–H groups in total. The van der Waals surface area contributed by atoms with Gasteiger partial charge in [0.25, 0.3) is 0 Å². The summed E-state index contributed by atoms with van der Waals surface area (Å²) in [6.45, 7) is 4.02. The number of furan rings is 1.